The SMILES string of the molecule is Cn1nc(C2CC2)nc1-c1ccc(O)cc1. The van der Waals surface area contributed by atoms with Crippen molar-refractivity contribution in [3.8, 4) is 17.1 Å². The van der Waals surface area contributed by atoms with E-state index in [1.807, 2.05) is 19.2 Å². The average Bonchev–Trinajstić information content (AvgIpc) is 3.04. The summed E-state index contributed by atoms with van der Waals surface area (Å²) in [6.45, 7) is 0. The second-order valence-electron chi connectivity index (χ2n) is 4.24. The van der Waals surface area contributed by atoms with Gasteiger partial charge in [0.2, 0.25) is 0 Å². The van der Waals surface area contributed by atoms with E-state index < -0.39 is 0 Å². The summed E-state index contributed by atoms with van der Waals surface area (Å²) in [7, 11) is 1.90. The van der Waals surface area contributed by atoms with Crippen LogP contribution in [0.4, 0.5) is 0 Å². The molecule has 4 nitrogen and oxygen atoms in total. The maximum atomic E-state index is 9.23. The zero-order valence-corrected chi connectivity index (χ0v) is 9.09. The summed E-state index contributed by atoms with van der Waals surface area (Å²) >= 11 is 0. The molecule has 1 heterocycles. The molecule has 0 aliphatic heterocycles. The van der Waals surface area contributed by atoms with Gasteiger partial charge in [-0.2, -0.15) is 5.10 Å². The van der Waals surface area contributed by atoms with Crippen molar-refractivity contribution < 1.29 is 5.11 Å². The predicted octanol–water partition coefficient (Wildman–Crippen LogP) is 2.07. The van der Waals surface area contributed by atoms with Crippen LogP contribution in [0.25, 0.3) is 11.4 Å². The average molecular weight is 215 g/mol. The van der Waals surface area contributed by atoms with Gasteiger partial charge in [-0.15, -0.1) is 0 Å². The van der Waals surface area contributed by atoms with Crippen molar-refractivity contribution in [2.75, 3.05) is 0 Å². The van der Waals surface area contributed by atoms with Crippen LogP contribution >= 0.6 is 0 Å². The van der Waals surface area contributed by atoms with E-state index in [2.05, 4.69) is 10.1 Å². The summed E-state index contributed by atoms with van der Waals surface area (Å²) in [4.78, 5) is 4.54. The molecule has 0 unspecified atom stereocenters. The number of phenols is 1. The number of aryl methyl sites for hydroxylation is 1. The molecular weight excluding hydrogens is 202 g/mol. The lowest BCUT2D eigenvalue weighted by atomic mass is 10.2. The van der Waals surface area contributed by atoms with Crippen molar-refractivity contribution in [1.29, 1.82) is 0 Å². The molecule has 0 radical (unpaired) electrons. The number of hydrogen-bond donors (Lipinski definition) is 1. The minimum atomic E-state index is 0.272. The van der Waals surface area contributed by atoms with Crippen LogP contribution in [0.15, 0.2) is 24.3 Å². The molecule has 0 spiro atoms. The number of aromatic hydroxyl groups is 1. The van der Waals surface area contributed by atoms with E-state index in [0.717, 1.165) is 17.2 Å². The fourth-order valence-electron chi connectivity index (χ4n) is 1.78. The Balaban J connectivity index is 2.01. The molecule has 0 amide bonds. The van der Waals surface area contributed by atoms with Crippen molar-refractivity contribution in [2.45, 2.75) is 18.8 Å². The van der Waals surface area contributed by atoms with Gasteiger partial charge in [0.15, 0.2) is 11.6 Å². The number of phenolic OH excluding ortho intramolecular Hbond substituents is 1. The molecule has 3 rings (SSSR count). The number of hydrogen-bond acceptors (Lipinski definition) is 3. The molecule has 0 atom stereocenters. The quantitative estimate of drug-likeness (QED) is 0.834. The molecule has 0 bridgehead atoms. The van der Waals surface area contributed by atoms with Gasteiger partial charge < -0.3 is 5.11 Å². The normalized spacial score (nSPS) is 15.3. The maximum Gasteiger partial charge on any atom is 0.158 e. The van der Waals surface area contributed by atoms with Gasteiger partial charge in [-0.05, 0) is 37.1 Å². The Morgan fingerprint density at radius 1 is 1.25 bits per heavy atom. The van der Waals surface area contributed by atoms with E-state index in [0.29, 0.717) is 5.92 Å². The van der Waals surface area contributed by atoms with Crippen LogP contribution in [-0.2, 0) is 7.05 Å². The Labute approximate surface area is 93.6 Å². The predicted molar refractivity (Wildman–Crippen MR) is 60.1 cm³/mol. The zero-order valence-electron chi connectivity index (χ0n) is 9.09. The highest BCUT2D eigenvalue weighted by Crippen LogP contribution is 2.38. The molecule has 1 aliphatic rings. The number of rotatable bonds is 2. The van der Waals surface area contributed by atoms with Crippen molar-refractivity contribution in [1.82, 2.24) is 14.8 Å². The Bertz CT molecular complexity index is 512. The zero-order chi connectivity index (χ0) is 11.1. The van der Waals surface area contributed by atoms with E-state index in [1.54, 1.807) is 16.8 Å². The molecule has 0 saturated heterocycles. The molecular formula is C12H13N3O. The van der Waals surface area contributed by atoms with Crippen LogP contribution in [0.5, 0.6) is 5.75 Å². The lowest BCUT2D eigenvalue weighted by molar-refractivity contribution is 0.475. The first-order valence-corrected chi connectivity index (χ1v) is 5.44. The maximum absolute atomic E-state index is 9.23. The molecule has 1 aromatic heterocycles. The monoisotopic (exact) mass is 215 g/mol. The minimum Gasteiger partial charge on any atom is -0.508 e. The molecule has 1 saturated carbocycles. The van der Waals surface area contributed by atoms with Crippen molar-refractivity contribution in [3.63, 3.8) is 0 Å². The standard InChI is InChI=1S/C12H13N3O/c1-15-12(9-4-6-10(16)7-5-9)13-11(14-15)8-2-3-8/h4-8,16H,2-3H2,1H3. The molecule has 1 N–H and O–H groups in total. The van der Waals surface area contributed by atoms with Gasteiger partial charge in [0.25, 0.3) is 0 Å². The highest BCUT2D eigenvalue weighted by molar-refractivity contribution is 5.56. The van der Waals surface area contributed by atoms with Crippen LogP contribution in [0.3, 0.4) is 0 Å². The van der Waals surface area contributed by atoms with Crippen LogP contribution < -0.4 is 0 Å². The van der Waals surface area contributed by atoms with Crippen molar-refractivity contribution in [3.05, 3.63) is 30.1 Å². The van der Waals surface area contributed by atoms with Gasteiger partial charge in [-0.25, -0.2) is 9.67 Å². The van der Waals surface area contributed by atoms with Crippen LogP contribution in [0.1, 0.15) is 24.6 Å². The Hall–Kier alpha value is -1.84. The summed E-state index contributed by atoms with van der Waals surface area (Å²) in [6.07, 6.45) is 2.41. The van der Waals surface area contributed by atoms with E-state index >= 15 is 0 Å². The second kappa shape index (κ2) is 3.33. The van der Waals surface area contributed by atoms with Gasteiger partial charge >= 0.3 is 0 Å². The third kappa shape index (κ3) is 1.56. The van der Waals surface area contributed by atoms with Gasteiger partial charge in [-0.1, -0.05) is 0 Å². The number of aromatic nitrogens is 3. The van der Waals surface area contributed by atoms with Crippen LogP contribution in [0.2, 0.25) is 0 Å². The van der Waals surface area contributed by atoms with Crippen LogP contribution in [0, 0.1) is 0 Å². The van der Waals surface area contributed by atoms with E-state index in [4.69, 9.17) is 0 Å². The van der Waals surface area contributed by atoms with E-state index in [-0.39, 0.29) is 5.75 Å². The molecule has 1 aliphatic carbocycles. The highest BCUT2D eigenvalue weighted by Gasteiger charge is 2.28. The second-order valence-corrected chi connectivity index (χ2v) is 4.24. The first kappa shape index (κ1) is 9.39. The first-order chi connectivity index (χ1) is 7.74. The summed E-state index contributed by atoms with van der Waals surface area (Å²) < 4.78 is 1.81. The molecule has 16 heavy (non-hydrogen) atoms. The minimum absolute atomic E-state index is 0.272. The molecule has 1 aromatic carbocycles. The lowest BCUT2D eigenvalue weighted by Gasteiger charge is -1.99. The van der Waals surface area contributed by atoms with E-state index in [9.17, 15) is 5.11 Å². The topological polar surface area (TPSA) is 50.9 Å². The third-order valence-corrected chi connectivity index (χ3v) is 2.85. The summed E-state index contributed by atoms with van der Waals surface area (Å²) in [5.74, 6) is 2.65. The Morgan fingerprint density at radius 3 is 2.56 bits per heavy atom. The summed E-state index contributed by atoms with van der Waals surface area (Å²) in [6, 6.07) is 7.05. The summed E-state index contributed by atoms with van der Waals surface area (Å²) in [5.41, 5.74) is 0.986. The number of benzene rings is 1. The van der Waals surface area contributed by atoms with Crippen LogP contribution in [-0.4, -0.2) is 19.9 Å². The summed E-state index contributed by atoms with van der Waals surface area (Å²) in [5, 5.41) is 13.6. The Morgan fingerprint density at radius 2 is 1.94 bits per heavy atom. The Kier molecular flexibility index (Phi) is 1.96. The van der Waals surface area contributed by atoms with Crippen molar-refractivity contribution in [2.24, 2.45) is 7.05 Å². The van der Waals surface area contributed by atoms with Gasteiger partial charge in [0.05, 0.1) is 0 Å². The molecule has 2 aromatic rings. The first-order valence-electron chi connectivity index (χ1n) is 5.44. The van der Waals surface area contributed by atoms with Gasteiger partial charge in [0, 0.05) is 18.5 Å². The largest absolute Gasteiger partial charge is 0.508 e. The van der Waals surface area contributed by atoms with Gasteiger partial charge in [0.1, 0.15) is 5.75 Å². The molecule has 1 fully saturated rings. The van der Waals surface area contributed by atoms with Gasteiger partial charge in [-0.3, -0.25) is 0 Å². The fourth-order valence-corrected chi connectivity index (χ4v) is 1.78. The highest BCUT2D eigenvalue weighted by atomic mass is 16.3. The smallest absolute Gasteiger partial charge is 0.158 e. The number of nitrogens with zero attached hydrogens (tertiary/aromatic N) is 3. The molecule has 82 valence electrons. The molecule has 4 heteroatoms. The van der Waals surface area contributed by atoms with E-state index in [1.165, 1.54) is 12.8 Å². The van der Waals surface area contributed by atoms with Crippen molar-refractivity contribution >= 4 is 0 Å². The fraction of sp³-hybridized carbons (Fsp3) is 0.333. The lowest BCUT2D eigenvalue weighted by Crippen LogP contribution is -1.94. The third-order valence-electron chi connectivity index (χ3n) is 2.85.